The van der Waals surface area contributed by atoms with Crippen molar-refractivity contribution in [2.45, 2.75) is 19.6 Å². The van der Waals surface area contributed by atoms with E-state index in [1.165, 1.54) is 13.0 Å². The van der Waals surface area contributed by atoms with Crippen molar-refractivity contribution in [3.8, 4) is 0 Å². The monoisotopic (exact) mass is 216 g/mol. The van der Waals surface area contributed by atoms with Crippen molar-refractivity contribution in [2.24, 2.45) is 0 Å². The molecule has 0 aliphatic carbocycles. The molecule has 0 aliphatic rings. The third-order valence-electron chi connectivity index (χ3n) is 1.85. The number of hydrogen-bond acceptors (Lipinski definition) is 2. The molecule has 0 spiro atoms. The molecule has 1 unspecified atom stereocenters. The second-order valence-electron chi connectivity index (χ2n) is 3.03. The molecule has 0 radical (unpaired) electrons. The van der Waals surface area contributed by atoms with Crippen LogP contribution in [0.3, 0.4) is 0 Å². The predicted octanol–water partition coefficient (Wildman–Crippen LogP) is 1.95. The van der Waals surface area contributed by atoms with Gasteiger partial charge in [0.1, 0.15) is 11.6 Å². The summed E-state index contributed by atoms with van der Waals surface area (Å²) >= 11 is 0. The lowest BCUT2D eigenvalue weighted by Gasteiger charge is -2.08. The Balaban J connectivity index is 2.62. The molecule has 0 bridgehead atoms. The summed E-state index contributed by atoms with van der Waals surface area (Å²) in [5, 5.41) is 8.49. The van der Waals surface area contributed by atoms with Crippen LogP contribution >= 0.6 is 0 Å². The molecular formula is C10H10F2O3. The van der Waals surface area contributed by atoms with Crippen LogP contribution in [0.5, 0.6) is 0 Å². The fraction of sp³-hybridized carbons (Fsp3) is 0.300. The van der Waals surface area contributed by atoms with E-state index in [9.17, 15) is 13.6 Å². The minimum atomic E-state index is -1.13. The number of carboxylic acids is 1. The topological polar surface area (TPSA) is 46.5 Å². The molecular weight excluding hydrogens is 206 g/mol. The molecule has 1 N–H and O–H groups in total. The van der Waals surface area contributed by atoms with Crippen molar-refractivity contribution in [1.29, 1.82) is 0 Å². The van der Waals surface area contributed by atoms with Gasteiger partial charge >= 0.3 is 5.97 Å². The molecule has 1 aromatic rings. The number of ether oxygens (including phenoxy) is 1. The van der Waals surface area contributed by atoms with Gasteiger partial charge in [-0.3, -0.25) is 0 Å². The quantitative estimate of drug-likeness (QED) is 0.836. The van der Waals surface area contributed by atoms with Gasteiger partial charge in [0.2, 0.25) is 0 Å². The van der Waals surface area contributed by atoms with Crippen LogP contribution in [0.2, 0.25) is 0 Å². The van der Waals surface area contributed by atoms with Gasteiger partial charge in [0.15, 0.2) is 6.10 Å². The molecule has 1 aromatic carbocycles. The lowest BCUT2D eigenvalue weighted by molar-refractivity contribution is -0.149. The number of hydrogen-bond donors (Lipinski definition) is 1. The van der Waals surface area contributed by atoms with Gasteiger partial charge < -0.3 is 9.84 Å². The zero-order chi connectivity index (χ0) is 11.4. The van der Waals surface area contributed by atoms with Crippen molar-refractivity contribution in [1.82, 2.24) is 0 Å². The molecule has 0 saturated heterocycles. The maximum atomic E-state index is 13.0. The average molecular weight is 216 g/mol. The number of carbonyl (C=O) groups is 1. The Labute approximate surface area is 85.3 Å². The van der Waals surface area contributed by atoms with E-state index in [2.05, 4.69) is 0 Å². The first-order valence-corrected chi connectivity index (χ1v) is 4.29. The smallest absolute Gasteiger partial charge is 0.332 e. The van der Waals surface area contributed by atoms with Gasteiger partial charge in [0.25, 0.3) is 0 Å². The Hall–Kier alpha value is -1.49. The standard InChI is InChI=1S/C10H10F2O3/c1-6(10(13)14)15-5-7-2-3-8(11)4-9(7)12/h2-4,6H,5H2,1H3,(H,13,14). The molecule has 0 saturated carbocycles. The van der Waals surface area contributed by atoms with Crippen LogP contribution in [0.15, 0.2) is 18.2 Å². The summed E-state index contributed by atoms with van der Waals surface area (Å²) in [7, 11) is 0. The summed E-state index contributed by atoms with van der Waals surface area (Å²) in [6.45, 7) is 1.14. The summed E-state index contributed by atoms with van der Waals surface area (Å²) in [6.07, 6.45) is -1.02. The van der Waals surface area contributed by atoms with Crippen LogP contribution in [-0.4, -0.2) is 17.2 Å². The molecule has 3 nitrogen and oxygen atoms in total. The van der Waals surface area contributed by atoms with Crippen molar-refractivity contribution >= 4 is 5.97 Å². The highest BCUT2D eigenvalue weighted by molar-refractivity contribution is 5.71. The van der Waals surface area contributed by atoms with Gasteiger partial charge in [-0.15, -0.1) is 0 Å². The fourth-order valence-corrected chi connectivity index (χ4v) is 0.925. The lowest BCUT2D eigenvalue weighted by Crippen LogP contribution is -2.19. The summed E-state index contributed by atoms with van der Waals surface area (Å²) < 4.78 is 30.4. The molecule has 82 valence electrons. The third kappa shape index (κ3) is 3.28. The van der Waals surface area contributed by atoms with Gasteiger partial charge in [-0.05, 0) is 13.0 Å². The number of rotatable bonds is 4. The highest BCUT2D eigenvalue weighted by Gasteiger charge is 2.12. The summed E-state index contributed by atoms with van der Waals surface area (Å²) in [5.41, 5.74) is 0.129. The Kier molecular flexibility index (Phi) is 3.74. The second-order valence-corrected chi connectivity index (χ2v) is 3.03. The maximum absolute atomic E-state index is 13.0. The number of halogens is 2. The Morgan fingerprint density at radius 1 is 1.53 bits per heavy atom. The highest BCUT2D eigenvalue weighted by Crippen LogP contribution is 2.11. The highest BCUT2D eigenvalue weighted by atomic mass is 19.1. The third-order valence-corrected chi connectivity index (χ3v) is 1.85. The van der Waals surface area contributed by atoms with Gasteiger partial charge in [-0.2, -0.15) is 0 Å². The molecule has 0 heterocycles. The largest absolute Gasteiger partial charge is 0.479 e. The molecule has 0 aromatic heterocycles. The minimum Gasteiger partial charge on any atom is -0.479 e. The Bertz CT molecular complexity index is 366. The first-order chi connectivity index (χ1) is 7.00. The van der Waals surface area contributed by atoms with Crippen LogP contribution < -0.4 is 0 Å². The molecule has 1 rings (SSSR count). The number of aliphatic carboxylic acids is 1. The van der Waals surface area contributed by atoms with Crippen LogP contribution in [-0.2, 0) is 16.1 Å². The average Bonchev–Trinajstić information content (AvgIpc) is 2.15. The first-order valence-electron chi connectivity index (χ1n) is 4.29. The molecule has 5 heteroatoms. The van der Waals surface area contributed by atoms with E-state index in [1.54, 1.807) is 0 Å². The second kappa shape index (κ2) is 4.84. The van der Waals surface area contributed by atoms with E-state index in [0.717, 1.165) is 12.1 Å². The van der Waals surface area contributed by atoms with Crippen LogP contribution in [0.25, 0.3) is 0 Å². The molecule has 0 fully saturated rings. The number of carboxylic acid groups (broad SMARTS) is 1. The van der Waals surface area contributed by atoms with Crippen LogP contribution in [0, 0.1) is 11.6 Å². The predicted molar refractivity (Wildman–Crippen MR) is 48.2 cm³/mol. The number of benzene rings is 1. The zero-order valence-corrected chi connectivity index (χ0v) is 8.04. The fourth-order valence-electron chi connectivity index (χ4n) is 0.925. The van der Waals surface area contributed by atoms with Gasteiger partial charge in [-0.25, -0.2) is 13.6 Å². The van der Waals surface area contributed by atoms with E-state index < -0.39 is 23.7 Å². The van der Waals surface area contributed by atoms with Crippen molar-refractivity contribution in [3.63, 3.8) is 0 Å². The van der Waals surface area contributed by atoms with Gasteiger partial charge in [0.05, 0.1) is 6.61 Å². The maximum Gasteiger partial charge on any atom is 0.332 e. The molecule has 1 atom stereocenters. The molecule has 0 aliphatic heterocycles. The van der Waals surface area contributed by atoms with E-state index in [-0.39, 0.29) is 12.2 Å². The summed E-state index contributed by atoms with van der Waals surface area (Å²) in [5.74, 6) is -2.55. The zero-order valence-electron chi connectivity index (χ0n) is 8.04. The van der Waals surface area contributed by atoms with E-state index >= 15 is 0 Å². The van der Waals surface area contributed by atoms with Crippen molar-refractivity contribution < 1.29 is 23.4 Å². The normalized spacial score (nSPS) is 12.5. The Morgan fingerprint density at radius 3 is 2.73 bits per heavy atom. The first kappa shape index (κ1) is 11.6. The summed E-state index contributed by atoms with van der Waals surface area (Å²) in [6, 6.07) is 3.04. The minimum absolute atomic E-state index is 0.129. The lowest BCUT2D eigenvalue weighted by atomic mass is 10.2. The van der Waals surface area contributed by atoms with E-state index in [4.69, 9.17) is 9.84 Å². The van der Waals surface area contributed by atoms with Gasteiger partial charge in [-0.1, -0.05) is 6.07 Å². The molecule has 0 amide bonds. The van der Waals surface area contributed by atoms with E-state index in [1.807, 2.05) is 0 Å². The van der Waals surface area contributed by atoms with Crippen LogP contribution in [0.1, 0.15) is 12.5 Å². The van der Waals surface area contributed by atoms with Crippen LogP contribution in [0.4, 0.5) is 8.78 Å². The SMILES string of the molecule is CC(OCc1ccc(F)cc1F)C(=O)O. The Morgan fingerprint density at radius 2 is 2.20 bits per heavy atom. The molecule has 15 heavy (non-hydrogen) atoms. The van der Waals surface area contributed by atoms with Gasteiger partial charge in [0, 0.05) is 11.6 Å². The summed E-state index contributed by atoms with van der Waals surface area (Å²) in [4.78, 5) is 10.4. The van der Waals surface area contributed by atoms with E-state index in [0.29, 0.717) is 0 Å². The van der Waals surface area contributed by atoms with Crippen molar-refractivity contribution in [2.75, 3.05) is 0 Å². The van der Waals surface area contributed by atoms with Crippen molar-refractivity contribution in [3.05, 3.63) is 35.4 Å².